The number of hydrogen-bond donors (Lipinski definition) is 3. The molecule has 1 saturated heterocycles. The Morgan fingerprint density at radius 1 is 1.37 bits per heavy atom. The molecule has 1 heterocycles. The zero-order valence-corrected chi connectivity index (χ0v) is 10.5. The quantitative estimate of drug-likeness (QED) is 0.691. The number of carbonyl (C=O) groups excluding carboxylic acids is 2. The molecule has 0 radical (unpaired) electrons. The number of amides is 2. The van der Waals surface area contributed by atoms with Crippen LogP contribution in [-0.2, 0) is 20.7 Å². The first kappa shape index (κ1) is 13.5. The van der Waals surface area contributed by atoms with Crippen molar-refractivity contribution in [1.82, 2.24) is 5.32 Å². The normalized spacial score (nSPS) is 18.8. The van der Waals surface area contributed by atoms with Gasteiger partial charge in [0.25, 0.3) is 0 Å². The molecule has 2 rings (SSSR count). The fourth-order valence-corrected chi connectivity index (χ4v) is 1.87. The van der Waals surface area contributed by atoms with E-state index in [9.17, 15) is 9.59 Å². The lowest BCUT2D eigenvalue weighted by Crippen LogP contribution is -2.48. The van der Waals surface area contributed by atoms with Crippen LogP contribution in [0.15, 0.2) is 24.3 Å². The molecule has 1 fully saturated rings. The molecule has 0 aromatic heterocycles. The van der Waals surface area contributed by atoms with E-state index in [2.05, 4.69) is 10.6 Å². The summed E-state index contributed by atoms with van der Waals surface area (Å²) in [4.78, 5) is 22.7. The number of anilines is 1. The summed E-state index contributed by atoms with van der Waals surface area (Å²) in [5.74, 6) is -0.498. The minimum atomic E-state index is -0.375. The second-order valence-electron chi connectivity index (χ2n) is 4.41. The first-order chi connectivity index (χ1) is 9.15. The Morgan fingerprint density at radius 3 is 2.68 bits per heavy atom. The summed E-state index contributed by atoms with van der Waals surface area (Å²) >= 11 is 0. The smallest absolute Gasteiger partial charge is 0.243 e. The van der Waals surface area contributed by atoms with E-state index in [-0.39, 0.29) is 24.3 Å². The predicted octanol–water partition coefficient (Wildman–Crippen LogP) is -0.359. The van der Waals surface area contributed by atoms with Crippen molar-refractivity contribution in [2.24, 2.45) is 5.73 Å². The SMILES string of the molecule is NC(=O)Cc1ccc(NC(=O)C2COCCN2)cc1. The summed E-state index contributed by atoms with van der Waals surface area (Å²) in [6, 6.07) is 6.72. The van der Waals surface area contributed by atoms with Crippen molar-refractivity contribution in [2.45, 2.75) is 12.5 Å². The van der Waals surface area contributed by atoms with Gasteiger partial charge >= 0.3 is 0 Å². The Bertz CT molecular complexity index is 453. The topological polar surface area (TPSA) is 93.5 Å². The van der Waals surface area contributed by atoms with Crippen LogP contribution in [0.3, 0.4) is 0 Å². The average Bonchev–Trinajstić information content (AvgIpc) is 2.41. The maximum absolute atomic E-state index is 11.9. The zero-order chi connectivity index (χ0) is 13.7. The molecule has 2 amide bonds. The molecule has 0 aliphatic carbocycles. The molecular weight excluding hydrogens is 246 g/mol. The molecule has 1 aliphatic heterocycles. The summed E-state index contributed by atoms with van der Waals surface area (Å²) < 4.78 is 5.23. The van der Waals surface area contributed by atoms with Crippen LogP contribution in [0.2, 0.25) is 0 Å². The van der Waals surface area contributed by atoms with Crippen LogP contribution in [0.5, 0.6) is 0 Å². The van der Waals surface area contributed by atoms with Crippen molar-refractivity contribution in [3.05, 3.63) is 29.8 Å². The van der Waals surface area contributed by atoms with Gasteiger partial charge in [-0.25, -0.2) is 0 Å². The van der Waals surface area contributed by atoms with Crippen molar-refractivity contribution in [1.29, 1.82) is 0 Å². The van der Waals surface area contributed by atoms with E-state index in [1.54, 1.807) is 24.3 Å². The molecule has 1 unspecified atom stereocenters. The highest BCUT2D eigenvalue weighted by atomic mass is 16.5. The maximum Gasteiger partial charge on any atom is 0.243 e. The highest BCUT2D eigenvalue weighted by Crippen LogP contribution is 2.10. The highest BCUT2D eigenvalue weighted by molar-refractivity contribution is 5.95. The lowest BCUT2D eigenvalue weighted by atomic mass is 10.1. The second kappa shape index (κ2) is 6.31. The van der Waals surface area contributed by atoms with Crippen molar-refractivity contribution < 1.29 is 14.3 Å². The van der Waals surface area contributed by atoms with Gasteiger partial charge in [0, 0.05) is 12.2 Å². The van der Waals surface area contributed by atoms with Gasteiger partial charge < -0.3 is 21.1 Å². The van der Waals surface area contributed by atoms with E-state index in [0.29, 0.717) is 25.4 Å². The van der Waals surface area contributed by atoms with Gasteiger partial charge in [-0.1, -0.05) is 12.1 Å². The van der Waals surface area contributed by atoms with E-state index in [0.717, 1.165) is 5.56 Å². The van der Waals surface area contributed by atoms with Gasteiger partial charge in [-0.2, -0.15) is 0 Å². The molecule has 19 heavy (non-hydrogen) atoms. The molecule has 102 valence electrons. The molecule has 6 heteroatoms. The molecule has 0 spiro atoms. The third-order valence-corrected chi connectivity index (χ3v) is 2.84. The maximum atomic E-state index is 11.9. The molecule has 1 aromatic rings. The summed E-state index contributed by atoms with van der Waals surface area (Å²) in [6.07, 6.45) is 0.201. The Morgan fingerprint density at radius 2 is 2.11 bits per heavy atom. The van der Waals surface area contributed by atoms with Crippen molar-refractivity contribution in [3.8, 4) is 0 Å². The van der Waals surface area contributed by atoms with Gasteiger partial charge in [-0.3, -0.25) is 9.59 Å². The van der Waals surface area contributed by atoms with Crippen molar-refractivity contribution in [3.63, 3.8) is 0 Å². The number of benzene rings is 1. The van der Waals surface area contributed by atoms with Gasteiger partial charge in [0.05, 0.1) is 19.6 Å². The van der Waals surface area contributed by atoms with Crippen LogP contribution in [0, 0.1) is 0 Å². The fourth-order valence-electron chi connectivity index (χ4n) is 1.87. The Kier molecular flexibility index (Phi) is 4.48. The standard InChI is InChI=1S/C13H17N3O3/c14-12(17)7-9-1-3-10(4-2-9)16-13(18)11-8-19-6-5-15-11/h1-4,11,15H,5-8H2,(H2,14,17)(H,16,18). The molecular formula is C13H17N3O3. The summed E-state index contributed by atoms with van der Waals surface area (Å²) in [5.41, 5.74) is 6.62. The third kappa shape index (κ3) is 4.04. The Hall–Kier alpha value is -1.92. The molecule has 0 bridgehead atoms. The first-order valence-electron chi connectivity index (χ1n) is 6.14. The first-order valence-corrected chi connectivity index (χ1v) is 6.14. The van der Waals surface area contributed by atoms with Gasteiger partial charge in [0.2, 0.25) is 11.8 Å². The van der Waals surface area contributed by atoms with Crippen LogP contribution in [0.4, 0.5) is 5.69 Å². The summed E-state index contributed by atoms with van der Waals surface area (Å²) in [6.45, 7) is 1.69. The third-order valence-electron chi connectivity index (χ3n) is 2.84. The Labute approximate surface area is 111 Å². The van der Waals surface area contributed by atoms with Crippen molar-refractivity contribution in [2.75, 3.05) is 25.1 Å². The number of ether oxygens (including phenoxy) is 1. The van der Waals surface area contributed by atoms with E-state index in [1.165, 1.54) is 0 Å². The number of morpholine rings is 1. The second-order valence-corrected chi connectivity index (χ2v) is 4.41. The minimum Gasteiger partial charge on any atom is -0.378 e. The van der Waals surface area contributed by atoms with Gasteiger partial charge in [0.1, 0.15) is 6.04 Å². The van der Waals surface area contributed by atoms with Crippen LogP contribution in [0.25, 0.3) is 0 Å². The van der Waals surface area contributed by atoms with E-state index < -0.39 is 0 Å². The van der Waals surface area contributed by atoms with Crippen LogP contribution < -0.4 is 16.4 Å². The highest BCUT2D eigenvalue weighted by Gasteiger charge is 2.20. The molecule has 1 aliphatic rings. The fraction of sp³-hybridized carbons (Fsp3) is 0.385. The average molecular weight is 263 g/mol. The lowest BCUT2D eigenvalue weighted by Gasteiger charge is -2.22. The molecule has 4 N–H and O–H groups in total. The van der Waals surface area contributed by atoms with E-state index in [4.69, 9.17) is 10.5 Å². The van der Waals surface area contributed by atoms with Crippen LogP contribution >= 0.6 is 0 Å². The number of nitrogens with two attached hydrogens (primary N) is 1. The van der Waals surface area contributed by atoms with Crippen LogP contribution in [-0.4, -0.2) is 37.6 Å². The summed E-state index contributed by atoms with van der Waals surface area (Å²) in [5, 5.41) is 5.87. The Balaban J connectivity index is 1.91. The molecule has 1 aromatic carbocycles. The molecule has 1 atom stereocenters. The van der Waals surface area contributed by atoms with Gasteiger partial charge in [0.15, 0.2) is 0 Å². The lowest BCUT2D eigenvalue weighted by molar-refractivity contribution is -0.121. The predicted molar refractivity (Wildman–Crippen MR) is 70.6 cm³/mol. The largest absolute Gasteiger partial charge is 0.378 e. The van der Waals surface area contributed by atoms with E-state index >= 15 is 0 Å². The number of primary amides is 1. The molecule has 0 saturated carbocycles. The monoisotopic (exact) mass is 263 g/mol. The van der Waals surface area contributed by atoms with Gasteiger partial charge in [-0.15, -0.1) is 0 Å². The van der Waals surface area contributed by atoms with Crippen LogP contribution in [0.1, 0.15) is 5.56 Å². The number of carbonyl (C=O) groups is 2. The molecule has 6 nitrogen and oxygen atoms in total. The van der Waals surface area contributed by atoms with E-state index in [1.807, 2.05) is 0 Å². The summed E-state index contributed by atoms with van der Waals surface area (Å²) in [7, 11) is 0. The number of nitrogens with one attached hydrogen (secondary N) is 2. The number of rotatable bonds is 4. The zero-order valence-electron chi connectivity index (χ0n) is 10.5. The van der Waals surface area contributed by atoms with Gasteiger partial charge in [-0.05, 0) is 17.7 Å². The minimum absolute atomic E-state index is 0.123. The van der Waals surface area contributed by atoms with Crippen molar-refractivity contribution >= 4 is 17.5 Å². The number of hydrogen-bond acceptors (Lipinski definition) is 4.